The Morgan fingerprint density at radius 2 is 1.86 bits per heavy atom. The number of hydrogen-bond acceptors (Lipinski definition) is 7. The molecule has 9 heteroatoms. The molecule has 1 aromatic heterocycles. The second kappa shape index (κ2) is 7.94. The van der Waals surface area contributed by atoms with Gasteiger partial charge in [-0.05, 0) is 68.8 Å². The molecule has 8 nitrogen and oxygen atoms in total. The number of rotatable bonds is 5. The van der Waals surface area contributed by atoms with Crippen LogP contribution in [0, 0.1) is 6.92 Å². The summed E-state index contributed by atoms with van der Waals surface area (Å²) in [4.78, 5) is 9.11. The molecule has 0 unspecified atom stereocenters. The molecular weight excluding hydrogens is 390 g/mol. The fraction of sp³-hybridized carbons (Fsp3) is 0.300. The molecule has 1 aliphatic heterocycles. The first kappa shape index (κ1) is 19.6. The summed E-state index contributed by atoms with van der Waals surface area (Å²) >= 11 is 0. The van der Waals surface area contributed by atoms with Gasteiger partial charge >= 0.3 is 0 Å². The topological polar surface area (TPSA) is 119 Å². The maximum absolute atomic E-state index is 11.4. The number of hydrogen-bond donors (Lipinski definition) is 3. The minimum absolute atomic E-state index is 0.0516. The minimum Gasteiger partial charge on any atom is -0.488 e. The summed E-state index contributed by atoms with van der Waals surface area (Å²) in [5.74, 6) is 1.15. The van der Waals surface area contributed by atoms with E-state index in [9.17, 15) is 8.42 Å². The summed E-state index contributed by atoms with van der Waals surface area (Å²) in [6, 6.07) is 10.1. The molecule has 0 atom stereocenters. The molecule has 4 N–H and O–H groups in total. The number of aryl methyl sites for hydroxylation is 1. The number of primary sulfonamides is 1. The van der Waals surface area contributed by atoms with Crippen molar-refractivity contribution in [2.75, 3.05) is 18.4 Å². The number of sulfonamides is 1. The zero-order valence-electron chi connectivity index (χ0n) is 16.1. The molecule has 152 valence electrons. The van der Waals surface area contributed by atoms with Crippen molar-refractivity contribution in [1.29, 1.82) is 0 Å². The highest BCUT2D eigenvalue weighted by molar-refractivity contribution is 7.89. The smallest absolute Gasteiger partial charge is 0.238 e. The van der Waals surface area contributed by atoms with Gasteiger partial charge in [0.15, 0.2) is 0 Å². The number of ether oxygens (including phenoxy) is 1. The van der Waals surface area contributed by atoms with E-state index in [0.717, 1.165) is 48.1 Å². The monoisotopic (exact) mass is 413 g/mol. The number of piperidine rings is 1. The molecule has 0 amide bonds. The van der Waals surface area contributed by atoms with E-state index in [-0.39, 0.29) is 11.0 Å². The maximum atomic E-state index is 11.4. The molecule has 0 spiro atoms. The van der Waals surface area contributed by atoms with Crippen LogP contribution in [0.5, 0.6) is 5.75 Å². The lowest BCUT2D eigenvalue weighted by Crippen LogP contribution is -2.34. The van der Waals surface area contributed by atoms with Gasteiger partial charge in [-0.25, -0.2) is 23.5 Å². The third-order valence-electron chi connectivity index (χ3n) is 4.95. The van der Waals surface area contributed by atoms with Crippen LogP contribution in [0.2, 0.25) is 0 Å². The zero-order chi connectivity index (χ0) is 20.4. The van der Waals surface area contributed by atoms with E-state index >= 15 is 0 Å². The van der Waals surface area contributed by atoms with Gasteiger partial charge in [-0.15, -0.1) is 0 Å². The molecule has 3 aromatic rings. The summed E-state index contributed by atoms with van der Waals surface area (Å²) in [6.07, 6.45) is 3.86. The number of nitrogens with one attached hydrogen (secondary N) is 2. The van der Waals surface area contributed by atoms with E-state index in [4.69, 9.17) is 9.88 Å². The Bertz CT molecular complexity index is 1130. The highest BCUT2D eigenvalue weighted by Crippen LogP contribution is 2.29. The average Bonchev–Trinajstić information content (AvgIpc) is 2.71. The van der Waals surface area contributed by atoms with Gasteiger partial charge in [0.2, 0.25) is 16.0 Å². The summed E-state index contributed by atoms with van der Waals surface area (Å²) in [6.45, 7) is 3.91. The lowest BCUT2D eigenvalue weighted by atomic mass is 10.1. The van der Waals surface area contributed by atoms with Crippen LogP contribution in [0.15, 0.2) is 47.5 Å². The predicted molar refractivity (Wildman–Crippen MR) is 112 cm³/mol. The SMILES string of the molecule is Cc1ccc(OC2CCNCC2)c2nc(Nc3ccc(S(N)(=O)=O)cc3)ncc12. The standard InChI is InChI=1S/C20H23N5O3S/c1-13-2-7-18(28-15-8-10-22-11-9-15)19-17(13)12-23-20(25-19)24-14-3-5-16(6-4-14)29(21,26)27/h2-7,12,15,22H,8-11H2,1H3,(H2,21,26,27)(H,23,24,25). The van der Waals surface area contributed by atoms with Crippen molar-refractivity contribution in [2.24, 2.45) is 5.14 Å². The third-order valence-corrected chi connectivity index (χ3v) is 5.88. The molecule has 2 aromatic carbocycles. The van der Waals surface area contributed by atoms with Gasteiger partial charge in [0.25, 0.3) is 0 Å². The van der Waals surface area contributed by atoms with E-state index in [2.05, 4.69) is 20.6 Å². The van der Waals surface area contributed by atoms with Crippen LogP contribution >= 0.6 is 0 Å². The van der Waals surface area contributed by atoms with Crippen molar-refractivity contribution < 1.29 is 13.2 Å². The van der Waals surface area contributed by atoms with Crippen molar-refractivity contribution in [3.8, 4) is 5.75 Å². The molecule has 0 aliphatic carbocycles. The van der Waals surface area contributed by atoms with Gasteiger partial charge < -0.3 is 15.4 Å². The van der Waals surface area contributed by atoms with E-state index in [1.165, 1.54) is 12.1 Å². The Balaban J connectivity index is 1.62. The molecule has 0 radical (unpaired) electrons. The molecule has 2 heterocycles. The molecule has 0 bridgehead atoms. The van der Waals surface area contributed by atoms with E-state index in [1.807, 2.05) is 19.1 Å². The van der Waals surface area contributed by atoms with Crippen LogP contribution in [0.3, 0.4) is 0 Å². The van der Waals surface area contributed by atoms with E-state index in [1.54, 1.807) is 18.3 Å². The first-order valence-electron chi connectivity index (χ1n) is 9.44. The molecule has 0 saturated carbocycles. The number of benzene rings is 2. The molecule has 1 aliphatic rings. The Hall–Kier alpha value is -2.75. The summed E-state index contributed by atoms with van der Waals surface area (Å²) in [7, 11) is -3.73. The normalized spacial score (nSPS) is 15.4. The van der Waals surface area contributed by atoms with Gasteiger partial charge in [0.1, 0.15) is 17.4 Å². The summed E-state index contributed by atoms with van der Waals surface area (Å²) in [5, 5.41) is 12.5. The third kappa shape index (κ3) is 4.47. The fourth-order valence-corrected chi connectivity index (χ4v) is 3.85. The zero-order valence-corrected chi connectivity index (χ0v) is 16.9. The summed E-state index contributed by atoms with van der Waals surface area (Å²) < 4.78 is 29.0. The van der Waals surface area contributed by atoms with Crippen molar-refractivity contribution >= 4 is 32.6 Å². The molecule has 1 fully saturated rings. The van der Waals surface area contributed by atoms with E-state index < -0.39 is 10.0 Å². The van der Waals surface area contributed by atoms with Crippen LogP contribution < -0.4 is 20.5 Å². The average molecular weight is 414 g/mol. The van der Waals surface area contributed by atoms with Crippen molar-refractivity contribution in [3.05, 3.63) is 48.2 Å². The van der Waals surface area contributed by atoms with Crippen molar-refractivity contribution in [1.82, 2.24) is 15.3 Å². The molecule has 4 rings (SSSR count). The van der Waals surface area contributed by atoms with Crippen molar-refractivity contribution in [2.45, 2.75) is 30.8 Å². The minimum atomic E-state index is -3.73. The number of nitrogens with two attached hydrogens (primary N) is 1. The van der Waals surface area contributed by atoms with Gasteiger partial charge in [-0.1, -0.05) is 6.07 Å². The van der Waals surface area contributed by atoms with Crippen molar-refractivity contribution in [3.63, 3.8) is 0 Å². The largest absolute Gasteiger partial charge is 0.488 e. The first-order chi connectivity index (χ1) is 13.9. The molecule has 1 saturated heterocycles. The van der Waals surface area contributed by atoms with Crippen LogP contribution in [-0.2, 0) is 10.0 Å². The second-order valence-electron chi connectivity index (χ2n) is 7.10. The van der Waals surface area contributed by atoms with Crippen LogP contribution in [-0.4, -0.2) is 37.6 Å². The predicted octanol–water partition coefficient (Wildman–Crippen LogP) is 2.46. The molecule has 29 heavy (non-hydrogen) atoms. The lowest BCUT2D eigenvalue weighted by Gasteiger charge is -2.24. The number of fused-ring (bicyclic) bond motifs is 1. The quantitative estimate of drug-likeness (QED) is 0.588. The highest BCUT2D eigenvalue weighted by atomic mass is 32.2. The lowest BCUT2D eigenvalue weighted by molar-refractivity contribution is 0.164. The Morgan fingerprint density at radius 1 is 1.14 bits per heavy atom. The molecular formula is C20H23N5O3S. The van der Waals surface area contributed by atoms with Gasteiger partial charge in [0, 0.05) is 17.3 Å². The van der Waals surface area contributed by atoms with Gasteiger partial charge in [0.05, 0.1) is 4.90 Å². The Labute approximate surface area is 169 Å². The maximum Gasteiger partial charge on any atom is 0.238 e. The van der Waals surface area contributed by atoms with Gasteiger partial charge in [-0.3, -0.25) is 0 Å². The number of aromatic nitrogens is 2. The van der Waals surface area contributed by atoms with Crippen LogP contribution in [0.4, 0.5) is 11.6 Å². The first-order valence-corrected chi connectivity index (χ1v) is 11.0. The Kier molecular flexibility index (Phi) is 5.35. The summed E-state index contributed by atoms with van der Waals surface area (Å²) in [5.41, 5.74) is 2.48. The Morgan fingerprint density at radius 3 is 2.55 bits per heavy atom. The number of nitrogens with zero attached hydrogens (tertiary/aromatic N) is 2. The fourth-order valence-electron chi connectivity index (χ4n) is 3.33. The highest BCUT2D eigenvalue weighted by Gasteiger charge is 2.17. The van der Waals surface area contributed by atoms with E-state index in [0.29, 0.717) is 11.6 Å². The second-order valence-corrected chi connectivity index (χ2v) is 8.66. The van der Waals surface area contributed by atoms with Gasteiger partial charge in [-0.2, -0.15) is 0 Å². The van der Waals surface area contributed by atoms with Crippen LogP contribution in [0.1, 0.15) is 18.4 Å². The number of anilines is 2. The van der Waals surface area contributed by atoms with Crippen LogP contribution in [0.25, 0.3) is 10.9 Å².